The highest BCUT2D eigenvalue weighted by Gasteiger charge is 2.33. The van der Waals surface area contributed by atoms with Crippen LogP contribution in [0.2, 0.25) is 5.02 Å². The van der Waals surface area contributed by atoms with Crippen LogP contribution in [0.15, 0.2) is 48.5 Å². The van der Waals surface area contributed by atoms with E-state index in [1.807, 2.05) is 12.1 Å². The average Bonchev–Trinajstić information content (AvgIpc) is 2.87. The van der Waals surface area contributed by atoms with E-state index in [2.05, 4.69) is 43.3 Å². The second-order valence-corrected chi connectivity index (χ2v) is 11.7. The molecule has 0 radical (unpaired) electrons. The Kier molecular flexibility index (Phi) is 9.92. The van der Waals surface area contributed by atoms with Gasteiger partial charge in [-0.3, -0.25) is 0 Å². The molecule has 2 fully saturated rings. The topological polar surface area (TPSA) is 0 Å². The number of aryl methyl sites for hydroxylation is 2. The van der Waals surface area contributed by atoms with Crippen LogP contribution in [-0.2, 0) is 12.8 Å². The molecule has 0 bridgehead atoms. The van der Waals surface area contributed by atoms with Crippen molar-refractivity contribution < 1.29 is 4.39 Å². The SMILES string of the molecule is CCCC[C@H]1CC[C@H](CCC2CCC(c3ccccc3CCc3ccc(Cl)cc3)C(F)C2)CC1. The molecule has 2 saturated carbocycles. The molecule has 2 aromatic rings. The summed E-state index contributed by atoms with van der Waals surface area (Å²) in [6.07, 6.45) is 16.7. The standard InChI is InChI=1S/C32H44ClF/c1-2-3-6-24-9-11-25(12-10-24)13-14-27-18-22-31(32(34)23-27)30-8-5-4-7-28(30)19-15-26-16-20-29(33)21-17-26/h4-5,7-8,16-17,20-21,24-25,27,31-32H,2-3,6,9-15,18-19,22-23H2,1H3/t24-,25-,27?,31?,32?. The van der Waals surface area contributed by atoms with Crippen molar-refractivity contribution >= 4 is 11.6 Å². The fraction of sp³-hybridized carbons (Fsp3) is 0.625. The highest BCUT2D eigenvalue weighted by Crippen LogP contribution is 2.42. The third-order valence-corrected chi connectivity index (χ3v) is 9.10. The van der Waals surface area contributed by atoms with Gasteiger partial charge in [0.2, 0.25) is 0 Å². The minimum atomic E-state index is -0.694. The van der Waals surface area contributed by atoms with Crippen molar-refractivity contribution in [2.45, 2.75) is 109 Å². The summed E-state index contributed by atoms with van der Waals surface area (Å²) >= 11 is 6.03. The highest BCUT2D eigenvalue weighted by atomic mass is 35.5. The van der Waals surface area contributed by atoms with E-state index in [1.165, 1.54) is 80.9 Å². The minimum absolute atomic E-state index is 0.0756. The molecule has 2 aliphatic rings. The first-order valence-electron chi connectivity index (χ1n) is 14.1. The number of benzene rings is 2. The number of hydrogen-bond donors (Lipinski definition) is 0. The van der Waals surface area contributed by atoms with Crippen molar-refractivity contribution in [1.29, 1.82) is 0 Å². The molecule has 3 atom stereocenters. The Morgan fingerprint density at radius 2 is 1.41 bits per heavy atom. The maximum Gasteiger partial charge on any atom is 0.107 e. The molecule has 0 heterocycles. The molecule has 0 aromatic heterocycles. The van der Waals surface area contributed by atoms with E-state index in [9.17, 15) is 0 Å². The summed E-state index contributed by atoms with van der Waals surface area (Å²) in [6.45, 7) is 2.30. The summed E-state index contributed by atoms with van der Waals surface area (Å²) in [7, 11) is 0. The zero-order valence-electron chi connectivity index (χ0n) is 21.2. The predicted molar refractivity (Wildman–Crippen MR) is 144 cm³/mol. The second-order valence-electron chi connectivity index (χ2n) is 11.2. The van der Waals surface area contributed by atoms with Crippen LogP contribution in [0.5, 0.6) is 0 Å². The molecular formula is C32H44ClF. The average molecular weight is 483 g/mol. The van der Waals surface area contributed by atoms with Crippen molar-refractivity contribution in [3.8, 4) is 0 Å². The van der Waals surface area contributed by atoms with Crippen molar-refractivity contribution in [1.82, 2.24) is 0 Å². The third kappa shape index (κ3) is 7.33. The van der Waals surface area contributed by atoms with Crippen LogP contribution >= 0.6 is 11.6 Å². The maximum absolute atomic E-state index is 15.5. The van der Waals surface area contributed by atoms with Gasteiger partial charge in [-0.15, -0.1) is 0 Å². The Labute approximate surface area is 212 Å². The molecule has 2 heteroatoms. The molecule has 0 spiro atoms. The van der Waals surface area contributed by atoms with E-state index in [0.717, 1.165) is 42.5 Å². The molecule has 0 nitrogen and oxygen atoms in total. The van der Waals surface area contributed by atoms with Gasteiger partial charge in [0.25, 0.3) is 0 Å². The lowest BCUT2D eigenvalue weighted by Gasteiger charge is -2.34. The summed E-state index contributed by atoms with van der Waals surface area (Å²) in [6, 6.07) is 16.7. The molecule has 2 aromatic carbocycles. The summed E-state index contributed by atoms with van der Waals surface area (Å²) in [5.74, 6) is 2.56. The van der Waals surface area contributed by atoms with E-state index >= 15 is 4.39 Å². The number of unbranched alkanes of at least 4 members (excludes halogenated alkanes) is 1. The van der Waals surface area contributed by atoms with Crippen LogP contribution in [0.4, 0.5) is 4.39 Å². The van der Waals surface area contributed by atoms with Crippen LogP contribution in [-0.4, -0.2) is 6.17 Å². The fourth-order valence-corrected chi connectivity index (χ4v) is 6.76. The van der Waals surface area contributed by atoms with E-state index in [4.69, 9.17) is 11.6 Å². The van der Waals surface area contributed by atoms with Crippen LogP contribution in [0.3, 0.4) is 0 Å². The van der Waals surface area contributed by atoms with Gasteiger partial charge in [0.1, 0.15) is 6.17 Å². The largest absolute Gasteiger partial charge is 0.247 e. The maximum atomic E-state index is 15.5. The van der Waals surface area contributed by atoms with Gasteiger partial charge in [0.15, 0.2) is 0 Å². The van der Waals surface area contributed by atoms with Gasteiger partial charge in [0.05, 0.1) is 0 Å². The van der Waals surface area contributed by atoms with Crippen molar-refractivity contribution in [3.05, 3.63) is 70.2 Å². The Bertz CT molecular complexity index is 852. The van der Waals surface area contributed by atoms with Crippen LogP contribution in [0, 0.1) is 17.8 Å². The molecule has 34 heavy (non-hydrogen) atoms. The van der Waals surface area contributed by atoms with Crippen LogP contribution in [0.1, 0.15) is 107 Å². The van der Waals surface area contributed by atoms with Crippen molar-refractivity contribution in [2.75, 3.05) is 0 Å². The summed E-state index contributed by atoms with van der Waals surface area (Å²) in [5, 5.41) is 0.779. The number of halogens is 2. The Hall–Kier alpha value is -1.34. The van der Waals surface area contributed by atoms with Crippen LogP contribution < -0.4 is 0 Å². The quantitative estimate of drug-likeness (QED) is 0.316. The monoisotopic (exact) mass is 482 g/mol. The Balaban J connectivity index is 1.25. The summed E-state index contributed by atoms with van der Waals surface area (Å²) < 4.78 is 15.5. The Morgan fingerprint density at radius 1 is 0.765 bits per heavy atom. The van der Waals surface area contributed by atoms with Gasteiger partial charge in [-0.2, -0.15) is 0 Å². The normalized spacial score (nSPS) is 27.6. The van der Waals surface area contributed by atoms with Gasteiger partial charge in [0, 0.05) is 10.9 Å². The zero-order chi connectivity index (χ0) is 23.8. The minimum Gasteiger partial charge on any atom is -0.247 e. The Morgan fingerprint density at radius 3 is 2.12 bits per heavy atom. The molecule has 3 unspecified atom stereocenters. The third-order valence-electron chi connectivity index (χ3n) is 8.85. The molecular weight excluding hydrogens is 439 g/mol. The zero-order valence-corrected chi connectivity index (χ0v) is 21.9. The summed E-state index contributed by atoms with van der Waals surface area (Å²) in [4.78, 5) is 0. The van der Waals surface area contributed by atoms with E-state index in [-0.39, 0.29) is 5.92 Å². The van der Waals surface area contributed by atoms with Gasteiger partial charge in [-0.25, -0.2) is 4.39 Å². The lowest BCUT2D eigenvalue weighted by molar-refractivity contribution is 0.152. The van der Waals surface area contributed by atoms with Gasteiger partial charge < -0.3 is 0 Å². The molecule has 0 aliphatic heterocycles. The first-order valence-corrected chi connectivity index (χ1v) is 14.5. The van der Waals surface area contributed by atoms with Crippen molar-refractivity contribution in [3.63, 3.8) is 0 Å². The summed E-state index contributed by atoms with van der Waals surface area (Å²) in [5.41, 5.74) is 3.87. The van der Waals surface area contributed by atoms with Gasteiger partial charge >= 0.3 is 0 Å². The van der Waals surface area contributed by atoms with Gasteiger partial charge in [-0.05, 0) is 78.7 Å². The fourth-order valence-electron chi connectivity index (χ4n) is 6.64. The molecule has 186 valence electrons. The highest BCUT2D eigenvalue weighted by molar-refractivity contribution is 6.30. The first-order chi connectivity index (χ1) is 16.6. The first kappa shape index (κ1) is 25.7. The lowest BCUT2D eigenvalue weighted by atomic mass is 9.72. The molecule has 4 rings (SSSR count). The molecule has 0 N–H and O–H groups in total. The predicted octanol–water partition coefficient (Wildman–Crippen LogP) is 10.1. The molecule has 2 aliphatic carbocycles. The van der Waals surface area contributed by atoms with E-state index in [0.29, 0.717) is 5.92 Å². The smallest absolute Gasteiger partial charge is 0.107 e. The number of hydrogen-bond acceptors (Lipinski definition) is 0. The van der Waals surface area contributed by atoms with Gasteiger partial charge in [-0.1, -0.05) is 113 Å². The molecule has 0 amide bonds. The lowest BCUT2D eigenvalue weighted by Crippen LogP contribution is -2.26. The number of rotatable bonds is 10. The second kappa shape index (κ2) is 13.1. The molecule has 0 saturated heterocycles. The van der Waals surface area contributed by atoms with Crippen LogP contribution in [0.25, 0.3) is 0 Å². The van der Waals surface area contributed by atoms with E-state index in [1.54, 1.807) is 0 Å². The van der Waals surface area contributed by atoms with E-state index < -0.39 is 6.17 Å². The number of alkyl halides is 1. The van der Waals surface area contributed by atoms with Crippen molar-refractivity contribution in [2.24, 2.45) is 17.8 Å².